The average molecular weight is 486 g/mol. The largest absolute Gasteiger partial charge is 0.352 e. The minimum Gasteiger partial charge on any atom is -0.352 e. The van der Waals surface area contributed by atoms with Crippen LogP contribution in [0.3, 0.4) is 0 Å². The Bertz CT molecular complexity index is 768. The van der Waals surface area contributed by atoms with E-state index in [4.69, 9.17) is 5.14 Å². The summed E-state index contributed by atoms with van der Waals surface area (Å²) in [6.45, 7) is 3.26. The molecular formula is C13H19IN4O2S3. The molecule has 6 nitrogen and oxygen atoms in total. The van der Waals surface area contributed by atoms with Gasteiger partial charge in [0.2, 0.25) is 10.0 Å². The summed E-state index contributed by atoms with van der Waals surface area (Å²) in [5.74, 6) is 0.664. The van der Waals surface area contributed by atoms with Gasteiger partial charge in [-0.3, -0.25) is 4.99 Å². The minimum atomic E-state index is -3.62. The Balaban J connectivity index is 0.00000264. The van der Waals surface area contributed by atoms with Crippen LogP contribution in [0.25, 0.3) is 0 Å². The quantitative estimate of drug-likeness (QED) is 0.343. The van der Waals surface area contributed by atoms with Crippen molar-refractivity contribution in [1.29, 1.82) is 0 Å². The Labute approximate surface area is 161 Å². The number of halogens is 1. The first kappa shape index (κ1) is 20.4. The van der Waals surface area contributed by atoms with E-state index in [9.17, 15) is 8.42 Å². The van der Waals surface area contributed by atoms with Gasteiger partial charge >= 0.3 is 0 Å². The molecule has 0 spiro atoms. The molecule has 0 aliphatic carbocycles. The lowest BCUT2D eigenvalue weighted by Gasteiger charge is -2.10. The molecule has 0 bridgehead atoms. The summed E-state index contributed by atoms with van der Waals surface area (Å²) in [6, 6.07) is 7.42. The maximum Gasteiger partial charge on any atom is 0.247 e. The highest BCUT2D eigenvalue weighted by Gasteiger charge is 2.11. The predicted molar refractivity (Wildman–Crippen MR) is 107 cm³/mol. The topological polar surface area (TPSA) is 96.6 Å². The molecule has 10 heteroatoms. The molecule has 0 aliphatic rings. The lowest BCUT2D eigenvalue weighted by Crippen LogP contribution is -2.35. The molecule has 4 N–H and O–H groups in total. The van der Waals surface area contributed by atoms with Crippen molar-refractivity contribution >= 4 is 62.6 Å². The van der Waals surface area contributed by atoms with Gasteiger partial charge < -0.3 is 10.6 Å². The lowest BCUT2D eigenvalue weighted by atomic mass is 10.4. The summed E-state index contributed by atoms with van der Waals surface area (Å²) < 4.78 is 22.6. The zero-order chi connectivity index (χ0) is 16.2. The van der Waals surface area contributed by atoms with Crippen LogP contribution in [0.1, 0.15) is 14.6 Å². The fourth-order valence-corrected chi connectivity index (χ4v) is 4.30. The van der Waals surface area contributed by atoms with E-state index in [2.05, 4.69) is 34.7 Å². The van der Waals surface area contributed by atoms with Gasteiger partial charge in [0.15, 0.2) is 5.96 Å². The number of rotatable bonds is 5. The lowest BCUT2D eigenvalue weighted by molar-refractivity contribution is 0.600. The molecule has 0 saturated heterocycles. The number of hydrogen-bond donors (Lipinski definition) is 3. The number of primary sulfonamides is 1. The SMILES string of the molecule is CN=C(NCc1ccc(C)s1)NCc1ccc(S(N)(=O)=O)s1.I. The molecule has 2 aromatic heterocycles. The minimum absolute atomic E-state index is 0. The van der Waals surface area contributed by atoms with E-state index in [1.54, 1.807) is 24.5 Å². The van der Waals surface area contributed by atoms with Crippen LogP contribution < -0.4 is 15.8 Å². The first-order valence-corrected chi connectivity index (χ1v) is 9.68. The molecule has 0 unspecified atom stereocenters. The van der Waals surface area contributed by atoms with Crippen LogP contribution in [-0.2, 0) is 23.1 Å². The van der Waals surface area contributed by atoms with Crippen molar-refractivity contribution in [3.63, 3.8) is 0 Å². The summed E-state index contributed by atoms with van der Waals surface area (Å²) in [5, 5.41) is 11.5. The molecule has 23 heavy (non-hydrogen) atoms. The molecular weight excluding hydrogens is 467 g/mol. The van der Waals surface area contributed by atoms with Gasteiger partial charge in [0.25, 0.3) is 0 Å². The highest BCUT2D eigenvalue weighted by molar-refractivity contribution is 14.0. The summed E-state index contributed by atoms with van der Waals surface area (Å²) in [5.41, 5.74) is 0. The van der Waals surface area contributed by atoms with E-state index in [0.717, 1.165) is 16.2 Å². The number of nitrogens with two attached hydrogens (primary N) is 1. The Hall–Kier alpha value is -0.690. The van der Waals surface area contributed by atoms with Crippen LogP contribution in [0.2, 0.25) is 0 Å². The summed E-state index contributed by atoms with van der Waals surface area (Å²) in [7, 11) is -1.93. The second-order valence-corrected chi connectivity index (χ2v) is 8.89. The third-order valence-corrected chi connectivity index (χ3v) is 6.32. The van der Waals surface area contributed by atoms with Crippen LogP contribution in [0.5, 0.6) is 0 Å². The normalized spacial score (nSPS) is 11.9. The molecule has 0 atom stereocenters. The van der Waals surface area contributed by atoms with Gasteiger partial charge in [-0.2, -0.15) is 0 Å². The molecule has 0 saturated carbocycles. The Kier molecular flexibility index (Phi) is 7.94. The van der Waals surface area contributed by atoms with E-state index >= 15 is 0 Å². The number of sulfonamides is 1. The smallest absolute Gasteiger partial charge is 0.247 e. The van der Waals surface area contributed by atoms with Crippen LogP contribution in [0.4, 0.5) is 0 Å². The standard InChI is InChI=1S/C13H18N4O2S3.HI/c1-9-3-4-10(20-9)7-16-13(15-2)17-8-11-5-6-12(21-11)22(14,18)19;/h3-6H,7-8H2,1-2H3,(H2,14,18,19)(H2,15,16,17);1H. The molecule has 2 aromatic rings. The summed E-state index contributed by atoms with van der Waals surface area (Å²) in [6.07, 6.45) is 0. The van der Waals surface area contributed by atoms with Gasteiger partial charge in [0, 0.05) is 21.7 Å². The van der Waals surface area contributed by atoms with E-state index < -0.39 is 10.0 Å². The van der Waals surface area contributed by atoms with Crippen molar-refractivity contribution in [1.82, 2.24) is 10.6 Å². The van der Waals surface area contributed by atoms with Crippen LogP contribution in [-0.4, -0.2) is 21.4 Å². The van der Waals surface area contributed by atoms with Crippen molar-refractivity contribution in [2.24, 2.45) is 10.1 Å². The second-order valence-electron chi connectivity index (χ2n) is 4.56. The number of nitrogens with one attached hydrogen (secondary N) is 2. The van der Waals surface area contributed by atoms with Crippen molar-refractivity contribution in [2.75, 3.05) is 7.05 Å². The van der Waals surface area contributed by atoms with Crippen LogP contribution in [0, 0.1) is 6.92 Å². The average Bonchev–Trinajstić information content (AvgIpc) is 3.07. The Morgan fingerprint density at radius 3 is 2.13 bits per heavy atom. The molecule has 2 heterocycles. The van der Waals surface area contributed by atoms with Gasteiger partial charge in [-0.25, -0.2) is 13.6 Å². The van der Waals surface area contributed by atoms with Gasteiger partial charge in [-0.1, -0.05) is 0 Å². The summed E-state index contributed by atoms with van der Waals surface area (Å²) in [4.78, 5) is 7.52. The number of hydrogen-bond acceptors (Lipinski definition) is 5. The zero-order valence-corrected chi connectivity index (χ0v) is 17.5. The van der Waals surface area contributed by atoms with Gasteiger partial charge in [0.05, 0.1) is 13.1 Å². The van der Waals surface area contributed by atoms with Gasteiger partial charge in [0.1, 0.15) is 4.21 Å². The van der Waals surface area contributed by atoms with Crippen molar-refractivity contribution < 1.29 is 8.42 Å². The first-order chi connectivity index (χ1) is 10.4. The monoisotopic (exact) mass is 486 g/mol. The number of thiophene rings is 2. The van der Waals surface area contributed by atoms with Crippen molar-refractivity contribution in [2.45, 2.75) is 24.2 Å². The fraction of sp³-hybridized carbons (Fsp3) is 0.308. The Morgan fingerprint density at radius 2 is 1.70 bits per heavy atom. The fourth-order valence-electron chi connectivity index (χ4n) is 1.75. The highest BCUT2D eigenvalue weighted by Crippen LogP contribution is 2.20. The molecule has 0 fully saturated rings. The van der Waals surface area contributed by atoms with Crippen LogP contribution in [0.15, 0.2) is 33.5 Å². The zero-order valence-electron chi connectivity index (χ0n) is 12.7. The molecule has 2 rings (SSSR count). The molecule has 0 amide bonds. The maximum atomic E-state index is 11.2. The van der Waals surface area contributed by atoms with Gasteiger partial charge in [-0.15, -0.1) is 46.7 Å². The number of nitrogens with zero attached hydrogens (tertiary/aromatic N) is 1. The molecule has 0 aliphatic heterocycles. The first-order valence-electron chi connectivity index (χ1n) is 6.50. The third kappa shape index (κ3) is 6.37. The van der Waals surface area contributed by atoms with E-state index in [-0.39, 0.29) is 28.2 Å². The Morgan fingerprint density at radius 1 is 1.13 bits per heavy atom. The van der Waals surface area contributed by atoms with Crippen molar-refractivity contribution in [3.8, 4) is 0 Å². The van der Waals surface area contributed by atoms with E-state index in [1.807, 2.05) is 0 Å². The third-order valence-electron chi connectivity index (χ3n) is 2.80. The maximum absolute atomic E-state index is 11.2. The molecule has 128 valence electrons. The highest BCUT2D eigenvalue weighted by atomic mass is 127. The van der Waals surface area contributed by atoms with E-state index in [1.165, 1.54) is 15.8 Å². The van der Waals surface area contributed by atoms with Gasteiger partial charge in [-0.05, 0) is 31.2 Å². The van der Waals surface area contributed by atoms with Crippen molar-refractivity contribution in [3.05, 3.63) is 38.9 Å². The second kappa shape index (κ2) is 8.97. The molecule has 0 radical (unpaired) electrons. The van der Waals surface area contributed by atoms with Crippen LogP contribution >= 0.6 is 46.7 Å². The number of guanidine groups is 1. The molecule has 0 aromatic carbocycles. The predicted octanol–water partition coefficient (Wildman–Crippen LogP) is 2.25. The summed E-state index contributed by atoms with van der Waals surface area (Å²) >= 11 is 2.89. The number of aryl methyl sites for hydroxylation is 1. The number of aliphatic imine (C=N–C) groups is 1. The van der Waals surface area contributed by atoms with E-state index in [0.29, 0.717) is 19.0 Å².